The van der Waals surface area contributed by atoms with Crippen LogP contribution in [-0.2, 0) is 9.53 Å². The molecule has 1 heterocycles. The van der Waals surface area contributed by atoms with Gasteiger partial charge in [0.25, 0.3) is 0 Å². The normalized spacial score (nSPS) is 16.5. The Kier molecular flexibility index (Phi) is 4.92. The highest BCUT2D eigenvalue weighted by Gasteiger charge is 2.33. The third-order valence-corrected chi connectivity index (χ3v) is 3.93. The molecule has 3 rings (SSSR count). The molecule has 0 unspecified atom stereocenters. The van der Waals surface area contributed by atoms with Crippen molar-refractivity contribution in [1.29, 1.82) is 0 Å². The van der Waals surface area contributed by atoms with Crippen LogP contribution in [0.4, 0.5) is 0 Å². The van der Waals surface area contributed by atoms with E-state index in [0.29, 0.717) is 27.3 Å². The van der Waals surface area contributed by atoms with Crippen LogP contribution in [0.5, 0.6) is 5.75 Å². The molecule has 0 aromatic heterocycles. The average molecular weight is 365 g/mol. The zero-order valence-electron chi connectivity index (χ0n) is 12.8. The summed E-state index contributed by atoms with van der Waals surface area (Å²) in [6.07, 6.45) is -0.663. The molecule has 1 atom stereocenters. The van der Waals surface area contributed by atoms with Crippen molar-refractivity contribution < 1.29 is 14.3 Å². The van der Waals surface area contributed by atoms with Crippen molar-refractivity contribution in [3.8, 4) is 5.75 Å². The van der Waals surface area contributed by atoms with Crippen molar-refractivity contribution in [2.75, 3.05) is 6.61 Å². The summed E-state index contributed by atoms with van der Waals surface area (Å²) in [7, 11) is 0. The molecule has 1 amide bonds. The lowest BCUT2D eigenvalue weighted by Crippen LogP contribution is -2.36. The monoisotopic (exact) mass is 364 g/mol. The molecule has 7 heteroatoms. The summed E-state index contributed by atoms with van der Waals surface area (Å²) in [5.74, 6) is 0.667. The fraction of sp³-hybridized carbons (Fsp3) is 0.176. The molecular weight excluding hydrogens is 351 g/mol. The first-order chi connectivity index (χ1) is 11.5. The highest BCUT2D eigenvalue weighted by molar-refractivity contribution is 6.33. The number of benzene rings is 2. The van der Waals surface area contributed by atoms with Crippen molar-refractivity contribution in [1.82, 2.24) is 5.01 Å². The van der Waals surface area contributed by atoms with Crippen LogP contribution in [0, 0.1) is 0 Å². The highest BCUT2D eigenvalue weighted by Crippen LogP contribution is 2.24. The van der Waals surface area contributed by atoms with Gasteiger partial charge < -0.3 is 9.47 Å². The Morgan fingerprint density at radius 2 is 1.92 bits per heavy atom. The zero-order chi connectivity index (χ0) is 17.1. The summed E-state index contributed by atoms with van der Waals surface area (Å²) in [5.41, 5.74) is 0.624. The van der Waals surface area contributed by atoms with E-state index in [9.17, 15) is 4.79 Å². The van der Waals surface area contributed by atoms with E-state index in [1.165, 1.54) is 11.9 Å². The Morgan fingerprint density at radius 3 is 2.58 bits per heavy atom. The molecule has 24 heavy (non-hydrogen) atoms. The van der Waals surface area contributed by atoms with Gasteiger partial charge in [-0.3, -0.25) is 4.79 Å². The molecule has 0 saturated carbocycles. The minimum absolute atomic E-state index is 0.124. The molecule has 5 nitrogen and oxygen atoms in total. The predicted octanol–water partition coefficient (Wildman–Crippen LogP) is 3.94. The molecule has 0 fully saturated rings. The van der Waals surface area contributed by atoms with Gasteiger partial charge in [-0.15, -0.1) is 5.10 Å². The third kappa shape index (κ3) is 3.63. The topological polar surface area (TPSA) is 51.1 Å². The lowest BCUT2D eigenvalue weighted by atomic mass is 10.2. The summed E-state index contributed by atoms with van der Waals surface area (Å²) < 4.78 is 11.4. The van der Waals surface area contributed by atoms with Gasteiger partial charge in [0.1, 0.15) is 12.4 Å². The Balaban J connectivity index is 1.73. The van der Waals surface area contributed by atoms with Gasteiger partial charge in [0.15, 0.2) is 0 Å². The van der Waals surface area contributed by atoms with Crippen molar-refractivity contribution >= 4 is 35.0 Å². The van der Waals surface area contributed by atoms with Crippen LogP contribution in [-0.4, -0.2) is 29.6 Å². The standard InChI is InChI=1S/C17H14Cl2N2O3/c1-11(22)21-16(10-23-13-8-6-12(18)7-9-13)24-17(20-21)14-4-2-3-5-15(14)19/h2-9,16H,10H2,1H3/t16-/m0/s1. The van der Waals surface area contributed by atoms with Crippen molar-refractivity contribution in [3.63, 3.8) is 0 Å². The van der Waals surface area contributed by atoms with Gasteiger partial charge in [0, 0.05) is 11.9 Å². The largest absolute Gasteiger partial charge is 0.488 e. The lowest BCUT2D eigenvalue weighted by molar-refractivity contribution is -0.136. The van der Waals surface area contributed by atoms with Gasteiger partial charge in [-0.2, -0.15) is 5.01 Å². The van der Waals surface area contributed by atoms with Crippen molar-refractivity contribution in [3.05, 3.63) is 64.1 Å². The van der Waals surface area contributed by atoms with E-state index in [1.54, 1.807) is 36.4 Å². The molecule has 1 aliphatic heterocycles. The third-order valence-electron chi connectivity index (χ3n) is 3.35. The molecule has 124 valence electrons. The van der Waals surface area contributed by atoms with E-state index >= 15 is 0 Å². The van der Waals surface area contributed by atoms with Crippen LogP contribution in [0.25, 0.3) is 0 Å². The van der Waals surface area contributed by atoms with Crippen LogP contribution in [0.15, 0.2) is 53.6 Å². The minimum atomic E-state index is -0.663. The number of hydrogen-bond acceptors (Lipinski definition) is 4. The number of hydrazone groups is 1. The first-order valence-electron chi connectivity index (χ1n) is 7.23. The van der Waals surface area contributed by atoms with Crippen molar-refractivity contribution in [2.24, 2.45) is 5.10 Å². The van der Waals surface area contributed by atoms with E-state index in [0.717, 1.165) is 0 Å². The van der Waals surface area contributed by atoms with Crippen molar-refractivity contribution in [2.45, 2.75) is 13.2 Å². The maximum Gasteiger partial charge on any atom is 0.243 e. The number of rotatable bonds is 4. The first-order valence-corrected chi connectivity index (χ1v) is 7.98. The van der Waals surface area contributed by atoms with Crippen LogP contribution in [0.2, 0.25) is 10.0 Å². The Bertz CT molecular complexity index is 778. The van der Waals surface area contributed by atoms with Gasteiger partial charge in [0.05, 0.1) is 10.6 Å². The Labute approximate surface area is 149 Å². The molecule has 1 aliphatic rings. The second-order valence-electron chi connectivity index (χ2n) is 5.09. The van der Waals surface area contributed by atoms with E-state index < -0.39 is 6.23 Å². The number of carbonyl (C=O) groups is 1. The molecule has 2 aromatic carbocycles. The molecule has 2 aromatic rings. The second-order valence-corrected chi connectivity index (χ2v) is 5.93. The van der Waals surface area contributed by atoms with Gasteiger partial charge in [-0.05, 0) is 36.4 Å². The molecular formula is C17H14Cl2N2O3. The lowest BCUT2D eigenvalue weighted by Gasteiger charge is -2.19. The molecule has 0 bridgehead atoms. The van der Waals surface area contributed by atoms with Crippen LogP contribution in [0.3, 0.4) is 0 Å². The maximum absolute atomic E-state index is 11.8. The molecule has 0 saturated heterocycles. The SMILES string of the molecule is CC(=O)N1N=C(c2ccccc2Cl)O[C@H]1COc1ccc(Cl)cc1. The van der Waals surface area contributed by atoms with Crippen LogP contribution >= 0.6 is 23.2 Å². The van der Waals surface area contributed by atoms with Crippen LogP contribution < -0.4 is 4.74 Å². The molecule has 0 aliphatic carbocycles. The van der Waals surface area contributed by atoms with Gasteiger partial charge in [-0.25, -0.2) is 0 Å². The number of ether oxygens (including phenoxy) is 2. The average Bonchev–Trinajstić information content (AvgIpc) is 2.99. The van der Waals surface area contributed by atoms with Gasteiger partial charge in [-0.1, -0.05) is 35.3 Å². The summed E-state index contributed by atoms with van der Waals surface area (Å²) in [6.45, 7) is 1.54. The number of halogens is 2. The first kappa shape index (κ1) is 16.6. The number of amides is 1. The maximum atomic E-state index is 11.8. The number of nitrogens with zero attached hydrogens (tertiary/aromatic N) is 2. The van der Waals surface area contributed by atoms with E-state index in [1.807, 2.05) is 12.1 Å². The Hall–Kier alpha value is -2.24. The van der Waals surface area contributed by atoms with E-state index in [-0.39, 0.29) is 12.5 Å². The fourth-order valence-electron chi connectivity index (χ4n) is 2.19. The summed E-state index contributed by atoms with van der Waals surface area (Å²) in [4.78, 5) is 11.8. The summed E-state index contributed by atoms with van der Waals surface area (Å²) in [5, 5.41) is 6.58. The molecule has 0 spiro atoms. The molecule has 0 radical (unpaired) electrons. The van der Waals surface area contributed by atoms with Crippen LogP contribution in [0.1, 0.15) is 12.5 Å². The summed E-state index contributed by atoms with van der Waals surface area (Å²) >= 11 is 12.0. The fourth-order valence-corrected chi connectivity index (χ4v) is 2.54. The summed E-state index contributed by atoms with van der Waals surface area (Å²) in [6, 6.07) is 14.1. The Morgan fingerprint density at radius 1 is 1.21 bits per heavy atom. The van der Waals surface area contributed by atoms with E-state index in [4.69, 9.17) is 32.7 Å². The smallest absolute Gasteiger partial charge is 0.243 e. The van der Waals surface area contributed by atoms with Gasteiger partial charge >= 0.3 is 0 Å². The highest BCUT2D eigenvalue weighted by atomic mass is 35.5. The number of hydrogen-bond donors (Lipinski definition) is 0. The van der Waals surface area contributed by atoms with Gasteiger partial charge in [0.2, 0.25) is 18.0 Å². The van der Waals surface area contributed by atoms with E-state index in [2.05, 4.69) is 5.10 Å². The predicted molar refractivity (Wildman–Crippen MR) is 92.3 cm³/mol. The quantitative estimate of drug-likeness (QED) is 0.825. The number of carbonyl (C=O) groups excluding carboxylic acids is 1. The second kappa shape index (κ2) is 7.11. The minimum Gasteiger partial charge on any atom is -0.488 e. The zero-order valence-corrected chi connectivity index (χ0v) is 14.3. The molecule has 0 N–H and O–H groups in total.